The van der Waals surface area contributed by atoms with Crippen LogP contribution in [0, 0.1) is 0 Å². The zero-order chi connectivity index (χ0) is 8.27. The Balaban J connectivity index is 0.00000121. The van der Waals surface area contributed by atoms with E-state index >= 15 is 0 Å². The van der Waals surface area contributed by atoms with E-state index in [1.165, 1.54) is 11.0 Å². The molecule has 0 fully saturated rings. The van der Waals surface area contributed by atoms with Crippen LogP contribution in [0.25, 0.3) is 0 Å². The number of hydrogen-bond donors (Lipinski definition) is 1. The minimum Gasteiger partial charge on any atom is -0.481 e. The molecule has 1 aromatic heterocycles. The zero-order valence-corrected chi connectivity index (χ0v) is 7.23. The number of carboxylic acids is 1. The van der Waals surface area contributed by atoms with Crippen molar-refractivity contribution in [3.63, 3.8) is 0 Å². The summed E-state index contributed by atoms with van der Waals surface area (Å²) in [6.07, 6.45) is 1.43. The van der Waals surface area contributed by atoms with Crippen LogP contribution in [0.1, 0.15) is 19.4 Å². The average Bonchev–Trinajstić information content (AvgIpc) is 2.35. The van der Waals surface area contributed by atoms with E-state index in [2.05, 4.69) is 15.5 Å². The van der Waals surface area contributed by atoms with E-state index in [1.54, 1.807) is 6.92 Å². The second kappa shape index (κ2) is 4.66. The molecule has 0 aliphatic rings. The Bertz CT molecular complexity index is 238. The third kappa shape index (κ3) is 2.83. The van der Waals surface area contributed by atoms with Gasteiger partial charge in [0.1, 0.15) is 6.33 Å². The van der Waals surface area contributed by atoms with Crippen LogP contribution in [-0.4, -0.2) is 31.3 Å². The van der Waals surface area contributed by atoms with Crippen LogP contribution in [0.3, 0.4) is 0 Å². The van der Waals surface area contributed by atoms with Gasteiger partial charge in [0.25, 0.3) is 0 Å². The first-order valence-corrected chi connectivity index (χ1v) is 3.14. The van der Waals surface area contributed by atoms with Crippen molar-refractivity contribution in [1.82, 2.24) is 20.2 Å². The first-order valence-electron chi connectivity index (χ1n) is 3.14. The van der Waals surface area contributed by atoms with Gasteiger partial charge in [-0.3, -0.25) is 4.79 Å². The van der Waals surface area contributed by atoms with E-state index < -0.39 is 5.97 Å². The molecule has 6 nitrogen and oxygen atoms in total. The Kier molecular flexibility index (Phi) is 4.20. The fraction of sp³-hybridized carbons (Fsp3) is 0.600. The number of hydrogen-bond acceptors (Lipinski definition) is 4. The molecule has 0 aliphatic carbocycles. The van der Waals surface area contributed by atoms with E-state index in [0.717, 1.165) is 0 Å². The van der Waals surface area contributed by atoms with Gasteiger partial charge in [0.2, 0.25) is 0 Å². The van der Waals surface area contributed by atoms with E-state index in [4.69, 9.17) is 5.11 Å². The van der Waals surface area contributed by atoms with Gasteiger partial charge in [-0.15, -0.1) is 17.5 Å². The summed E-state index contributed by atoms with van der Waals surface area (Å²) in [5, 5.41) is 18.7. The average molecular weight is 193 g/mol. The lowest BCUT2D eigenvalue weighted by Gasteiger charge is -2.05. The molecule has 0 aromatic carbocycles. The molecule has 7 heteroatoms. The first kappa shape index (κ1) is 10.8. The van der Waals surface area contributed by atoms with Crippen molar-refractivity contribution in [3.8, 4) is 0 Å². The molecule has 1 rings (SSSR count). The Morgan fingerprint density at radius 2 is 2.42 bits per heavy atom. The van der Waals surface area contributed by atoms with Crippen LogP contribution in [0.5, 0.6) is 0 Å². The predicted molar refractivity (Wildman–Crippen MR) is 42.0 cm³/mol. The minimum atomic E-state index is -0.854. The molecular weight excluding hydrogens is 184 g/mol. The molecular formula is C5H9ClN4O2. The number of aromatic nitrogens is 4. The van der Waals surface area contributed by atoms with Crippen molar-refractivity contribution in [2.45, 2.75) is 19.4 Å². The molecule has 1 heterocycles. The third-order valence-electron chi connectivity index (χ3n) is 1.29. The fourth-order valence-corrected chi connectivity index (χ4v) is 0.717. The summed E-state index contributed by atoms with van der Waals surface area (Å²) in [5.41, 5.74) is 0. The second-order valence-corrected chi connectivity index (χ2v) is 2.24. The molecule has 1 aromatic rings. The Labute approximate surface area is 75.0 Å². The summed E-state index contributed by atoms with van der Waals surface area (Å²) >= 11 is 0. The number of tetrazole rings is 1. The monoisotopic (exact) mass is 192 g/mol. The Hall–Kier alpha value is -1.17. The van der Waals surface area contributed by atoms with Crippen LogP contribution < -0.4 is 0 Å². The van der Waals surface area contributed by atoms with Gasteiger partial charge >= 0.3 is 5.97 Å². The third-order valence-corrected chi connectivity index (χ3v) is 1.29. The van der Waals surface area contributed by atoms with Crippen LogP contribution >= 0.6 is 12.4 Å². The van der Waals surface area contributed by atoms with Gasteiger partial charge in [0.05, 0.1) is 12.5 Å². The van der Waals surface area contributed by atoms with Crippen LogP contribution in [0.4, 0.5) is 0 Å². The first-order chi connectivity index (χ1) is 5.20. The highest BCUT2D eigenvalue weighted by Gasteiger charge is 2.09. The summed E-state index contributed by atoms with van der Waals surface area (Å²) in [6.45, 7) is 1.74. The Morgan fingerprint density at radius 3 is 2.83 bits per heavy atom. The maximum absolute atomic E-state index is 10.2. The number of carbonyl (C=O) groups is 1. The molecule has 1 atom stereocenters. The van der Waals surface area contributed by atoms with Crippen molar-refractivity contribution < 1.29 is 9.90 Å². The molecule has 0 aliphatic heterocycles. The van der Waals surface area contributed by atoms with Crippen molar-refractivity contribution >= 4 is 18.4 Å². The highest BCUT2D eigenvalue weighted by molar-refractivity contribution is 5.85. The van der Waals surface area contributed by atoms with Crippen LogP contribution in [-0.2, 0) is 4.79 Å². The maximum Gasteiger partial charge on any atom is 0.305 e. The van der Waals surface area contributed by atoms with E-state index in [-0.39, 0.29) is 24.9 Å². The predicted octanol–water partition coefficient (Wildman–Crippen LogP) is 0.131. The minimum absolute atomic E-state index is 0. The van der Waals surface area contributed by atoms with E-state index in [0.29, 0.717) is 0 Å². The normalized spacial score (nSPS) is 11.8. The maximum atomic E-state index is 10.2. The lowest BCUT2D eigenvalue weighted by molar-refractivity contribution is -0.137. The standard InChI is InChI=1S/C5H8N4O2.ClH/c1-4(2-5(10)11)9-3-6-7-8-9;/h3-4H,2H2,1H3,(H,10,11);1H/t4-;/m1./s1. The quantitative estimate of drug-likeness (QED) is 0.736. The summed E-state index contributed by atoms with van der Waals surface area (Å²) in [7, 11) is 0. The highest BCUT2D eigenvalue weighted by Crippen LogP contribution is 2.05. The second-order valence-electron chi connectivity index (χ2n) is 2.24. The molecule has 12 heavy (non-hydrogen) atoms. The van der Waals surface area contributed by atoms with Crippen molar-refractivity contribution in [2.75, 3.05) is 0 Å². The molecule has 1 N–H and O–H groups in total. The number of halogens is 1. The number of nitrogens with zero attached hydrogens (tertiary/aromatic N) is 4. The van der Waals surface area contributed by atoms with Gasteiger partial charge in [-0.25, -0.2) is 4.68 Å². The molecule has 0 unspecified atom stereocenters. The van der Waals surface area contributed by atoms with Gasteiger partial charge in [-0.05, 0) is 17.4 Å². The van der Waals surface area contributed by atoms with Crippen LogP contribution in [0.15, 0.2) is 6.33 Å². The fourth-order valence-electron chi connectivity index (χ4n) is 0.717. The van der Waals surface area contributed by atoms with Crippen molar-refractivity contribution in [3.05, 3.63) is 6.33 Å². The van der Waals surface area contributed by atoms with Gasteiger partial charge in [-0.2, -0.15) is 0 Å². The largest absolute Gasteiger partial charge is 0.481 e. The zero-order valence-electron chi connectivity index (χ0n) is 6.41. The molecule has 0 saturated heterocycles. The number of aliphatic carboxylic acids is 1. The van der Waals surface area contributed by atoms with E-state index in [1.807, 2.05) is 0 Å². The summed E-state index contributed by atoms with van der Waals surface area (Å²) in [4.78, 5) is 10.2. The molecule has 0 amide bonds. The number of rotatable bonds is 3. The topological polar surface area (TPSA) is 80.9 Å². The summed E-state index contributed by atoms with van der Waals surface area (Å²) in [5.74, 6) is -0.854. The van der Waals surface area contributed by atoms with Crippen LogP contribution in [0.2, 0.25) is 0 Å². The lowest BCUT2D eigenvalue weighted by Crippen LogP contribution is -2.10. The van der Waals surface area contributed by atoms with Gasteiger partial charge in [-0.1, -0.05) is 0 Å². The van der Waals surface area contributed by atoms with Gasteiger partial charge in [0, 0.05) is 0 Å². The SMILES string of the molecule is C[C@H](CC(=O)O)n1cnnn1.Cl. The molecule has 0 saturated carbocycles. The smallest absolute Gasteiger partial charge is 0.305 e. The number of carboxylic acid groups (broad SMARTS) is 1. The Morgan fingerprint density at radius 1 is 1.75 bits per heavy atom. The van der Waals surface area contributed by atoms with Gasteiger partial charge in [0.15, 0.2) is 0 Å². The molecule has 0 radical (unpaired) electrons. The van der Waals surface area contributed by atoms with Crippen molar-refractivity contribution in [1.29, 1.82) is 0 Å². The summed E-state index contributed by atoms with van der Waals surface area (Å²) < 4.78 is 1.41. The molecule has 68 valence electrons. The van der Waals surface area contributed by atoms with Gasteiger partial charge < -0.3 is 5.11 Å². The lowest BCUT2D eigenvalue weighted by atomic mass is 10.2. The highest BCUT2D eigenvalue weighted by atomic mass is 35.5. The van der Waals surface area contributed by atoms with Crippen molar-refractivity contribution in [2.24, 2.45) is 0 Å². The summed E-state index contributed by atoms with van der Waals surface area (Å²) in [6, 6.07) is -0.192. The molecule has 0 spiro atoms. The van der Waals surface area contributed by atoms with E-state index in [9.17, 15) is 4.79 Å². The molecule has 0 bridgehead atoms.